The third-order valence-corrected chi connectivity index (χ3v) is 1.95. The maximum Gasteiger partial charge on any atom is 0.0878 e. The number of pyridine rings is 1. The lowest BCUT2D eigenvalue weighted by atomic mass is 10.2. The minimum Gasteiger partial charge on any atom is -0.360 e. The van der Waals surface area contributed by atoms with E-state index in [1.165, 1.54) is 5.56 Å². The normalized spacial score (nSPS) is 11.3. The number of hydrogen-bond acceptors (Lipinski definition) is 2. The van der Waals surface area contributed by atoms with Crippen molar-refractivity contribution in [3.8, 4) is 0 Å². The number of fused-ring (bicyclic) bond motifs is 1. The monoisotopic (exact) mass is 175 g/mol. The van der Waals surface area contributed by atoms with Gasteiger partial charge in [-0.05, 0) is 31.8 Å². The molecule has 1 N–H and O–H groups in total. The molecule has 0 saturated carbocycles. The van der Waals surface area contributed by atoms with Crippen molar-refractivity contribution in [1.29, 1.82) is 0 Å². The molecule has 3 heteroatoms. The number of aromatic amines is 1. The molecule has 0 atom stereocenters. The summed E-state index contributed by atoms with van der Waals surface area (Å²) in [6.45, 7) is 0.932. The van der Waals surface area contributed by atoms with Crippen LogP contribution in [0.4, 0.5) is 0 Å². The minimum absolute atomic E-state index is 0.932. The lowest BCUT2D eigenvalue weighted by Crippen LogP contribution is -2.10. The van der Waals surface area contributed by atoms with Crippen LogP contribution in [0.3, 0.4) is 0 Å². The Morgan fingerprint density at radius 3 is 3.08 bits per heavy atom. The van der Waals surface area contributed by atoms with E-state index in [-0.39, 0.29) is 0 Å². The minimum atomic E-state index is 0.932. The average molecular weight is 175 g/mol. The van der Waals surface area contributed by atoms with Gasteiger partial charge in [-0.25, -0.2) is 0 Å². The highest BCUT2D eigenvalue weighted by atomic mass is 15.0. The number of H-pyrrole nitrogens is 1. The van der Waals surface area contributed by atoms with E-state index in [0.29, 0.717) is 0 Å². The van der Waals surface area contributed by atoms with Crippen LogP contribution < -0.4 is 0 Å². The molecule has 2 heterocycles. The molecule has 0 amide bonds. The van der Waals surface area contributed by atoms with Gasteiger partial charge in [0.15, 0.2) is 0 Å². The Morgan fingerprint density at radius 2 is 2.31 bits per heavy atom. The first-order valence-electron chi connectivity index (χ1n) is 4.32. The van der Waals surface area contributed by atoms with E-state index in [0.717, 1.165) is 17.6 Å². The first kappa shape index (κ1) is 8.26. The molecule has 0 aliphatic rings. The number of rotatable bonds is 2. The van der Waals surface area contributed by atoms with E-state index >= 15 is 0 Å². The van der Waals surface area contributed by atoms with Gasteiger partial charge in [0, 0.05) is 18.9 Å². The van der Waals surface area contributed by atoms with E-state index in [1.807, 2.05) is 18.5 Å². The predicted molar refractivity (Wildman–Crippen MR) is 53.5 cm³/mol. The van der Waals surface area contributed by atoms with Crippen molar-refractivity contribution in [2.24, 2.45) is 0 Å². The summed E-state index contributed by atoms with van der Waals surface area (Å²) in [4.78, 5) is 9.62. The molecule has 0 saturated heterocycles. The van der Waals surface area contributed by atoms with E-state index in [4.69, 9.17) is 0 Å². The zero-order valence-corrected chi connectivity index (χ0v) is 7.91. The molecule has 0 aliphatic heterocycles. The number of hydrogen-bond donors (Lipinski definition) is 1. The van der Waals surface area contributed by atoms with Crippen LogP contribution in [0.15, 0.2) is 24.5 Å². The largest absolute Gasteiger partial charge is 0.360 e. The Kier molecular flexibility index (Phi) is 2.02. The molecule has 0 aromatic carbocycles. The Bertz CT molecular complexity index is 403. The number of nitrogens with one attached hydrogen (secondary N) is 1. The summed E-state index contributed by atoms with van der Waals surface area (Å²) in [5.41, 5.74) is 3.38. The number of nitrogens with zero attached hydrogens (tertiary/aromatic N) is 2. The van der Waals surface area contributed by atoms with Crippen LogP contribution in [0.5, 0.6) is 0 Å². The highest BCUT2D eigenvalue weighted by Crippen LogP contribution is 2.11. The summed E-state index contributed by atoms with van der Waals surface area (Å²) in [6, 6.07) is 4.12. The van der Waals surface area contributed by atoms with E-state index in [2.05, 4.69) is 35.0 Å². The molecule has 2 rings (SSSR count). The molecule has 3 nitrogen and oxygen atoms in total. The van der Waals surface area contributed by atoms with Gasteiger partial charge in [-0.2, -0.15) is 0 Å². The summed E-state index contributed by atoms with van der Waals surface area (Å²) in [5, 5.41) is 0. The molecule has 0 radical (unpaired) electrons. The Hall–Kier alpha value is -1.35. The van der Waals surface area contributed by atoms with E-state index < -0.39 is 0 Å². The van der Waals surface area contributed by atoms with Crippen molar-refractivity contribution in [2.75, 3.05) is 14.1 Å². The van der Waals surface area contributed by atoms with E-state index in [1.54, 1.807) is 0 Å². The zero-order valence-electron chi connectivity index (χ0n) is 7.91. The Morgan fingerprint density at radius 1 is 1.46 bits per heavy atom. The topological polar surface area (TPSA) is 31.9 Å². The van der Waals surface area contributed by atoms with Gasteiger partial charge in [-0.1, -0.05) is 0 Å². The van der Waals surface area contributed by atoms with Crippen molar-refractivity contribution >= 4 is 11.0 Å². The maximum absolute atomic E-state index is 4.34. The van der Waals surface area contributed by atoms with Gasteiger partial charge in [-0.3, -0.25) is 4.98 Å². The van der Waals surface area contributed by atoms with Gasteiger partial charge >= 0.3 is 0 Å². The van der Waals surface area contributed by atoms with Crippen LogP contribution in [0, 0.1) is 0 Å². The second-order valence-electron chi connectivity index (χ2n) is 3.49. The second-order valence-corrected chi connectivity index (χ2v) is 3.49. The lowest BCUT2D eigenvalue weighted by Gasteiger charge is -2.08. The smallest absolute Gasteiger partial charge is 0.0878 e. The van der Waals surface area contributed by atoms with Crippen molar-refractivity contribution in [1.82, 2.24) is 14.9 Å². The number of aromatic nitrogens is 2. The van der Waals surface area contributed by atoms with Crippen molar-refractivity contribution < 1.29 is 0 Å². The van der Waals surface area contributed by atoms with Crippen LogP contribution >= 0.6 is 0 Å². The van der Waals surface area contributed by atoms with E-state index in [9.17, 15) is 0 Å². The molecule has 68 valence electrons. The van der Waals surface area contributed by atoms with Crippen molar-refractivity contribution in [3.63, 3.8) is 0 Å². The third-order valence-electron chi connectivity index (χ3n) is 1.95. The van der Waals surface area contributed by atoms with Crippen LogP contribution in [-0.4, -0.2) is 29.0 Å². The molecule has 2 aromatic rings. The summed E-state index contributed by atoms with van der Waals surface area (Å²) in [6.07, 6.45) is 3.84. The maximum atomic E-state index is 4.34. The van der Waals surface area contributed by atoms with Crippen LogP contribution in [0.25, 0.3) is 11.0 Å². The fourth-order valence-electron chi connectivity index (χ4n) is 1.43. The van der Waals surface area contributed by atoms with Gasteiger partial charge in [-0.15, -0.1) is 0 Å². The molecular weight excluding hydrogens is 162 g/mol. The van der Waals surface area contributed by atoms with Crippen LogP contribution in [0.1, 0.15) is 5.56 Å². The van der Waals surface area contributed by atoms with Crippen molar-refractivity contribution in [3.05, 3.63) is 30.1 Å². The Labute approximate surface area is 77.4 Å². The zero-order chi connectivity index (χ0) is 9.26. The third kappa shape index (κ3) is 1.70. The SMILES string of the molecule is CN(C)Cc1cnc2cc[nH]c2c1. The summed E-state index contributed by atoms with van der Waals surface area (Å²) in [5.74, 6) is 0. The molecule has 0 unspecified atom stereocenters. The highest BCUT2D eigenvalue weighted by Gasteiger charge is 1.99. The van der Waals surface area contributed by atoms with Crippen molar-refractivity contribution in [2.45, 2.75) is 6.54 Å². The first-order valence-corrected chi connectivity index (χ1v) is 4.32. The van der Waals surface area contributed by atoms with Crippen LogP contribution in [-0.2, 0) is 6.54 Å². The van der Waals surface area contributed by atoms with Gasteiger partial charge in [0.25, 0.3) is 0 Å². The summed E-state index contributed by atoms with van der Waals surface area (Å²) in [7, 11) is 4.11. The molecule has 0 fully saturated rings. The van der Waals surface area contributed by atoms with Crippen LogP contribution in [0.2, 0.25) is 0 Å². The standard InChI is InChI=1S/C10H13N3/c1-13(2)7-8-5-10-9(12-6-8)3-4-11-10/h3-6,11H,7H2,1-2H3. The molecule has 0 spiro atoms. The molecule has 2 aromatic heterocycles. The molecule has 13 heavy (non-hydrogen) atoms. The predicted octanol–water partition coefficient (Wildman–Crippen LogP) is 1.62. The van der Waals surface area contributed by atoms with Gasteiger partial charge in [0.05, 0.1) is 11.0 Å². The molecule has 0 aliphatic carbocycles. The van der Waals surface area contributed by atoms with Gasteiger partial charge in [0.2, 0.25) is 0 Å². The Balaban J connectivity index is 2.37. The average Bonchev–Trinajstić information content (AvgIpc) is 2.49. The fourth-order valence-corrected chi connectivity index (χ4v) is 1.43. The second kappa shape index (κ2) is 3.18. The van der Waals surface area contributed by atoms with Gasteiger partial charge < -0.3 is 9.88 Å². The van der Waals surface area contributed by atoms with Gasteiger partial charge in [0.1, 0.15) is 0 Å². The summed E-state index contributed by atoms with van der Waals surface area (Å²) < 4.78 is 0. The molecular formula is C10H13N3. The highest BCUT2D eigenvalue weighted by molar-refractivity contribution is 5.74. The summed E-state index contributed by atoms with van der Waals surface area (Å²) >= 11 is 0. The first-order chi connectivity index (χ1) is 6.25. The fraction of sp³-hybridized carbons (Fsp3) is 0.300. The molecule has 0 bridgehead atoms. The lowest BCUT2D eigenvalue weighted by molar-refractivity contribution is 0.402. The quantitative estimate of drug-likeness (QED) is 0.752.